The van der Waals surface area contributed by atoms with Crippen molar-refractivity contribution in [3.05, 3.63) is 336 Å². The predicted octanol–water partition coefficient (Wildman–Crippen LogP) is 20.1. The highest BCUT2D eigenvalue weighted by atomic mass is 15.2. The summed E-state index contributed by atoms with van der Waals surface area (Å²) >= 11 is 0. The Morgan fingerprint density at radius 2 is 0.731 bits per heavy atom. The number of nitrogens with zero attached hydrogens (tertiary/aromatic N) is 2. The SMILES string of the molecule is C=CC=C1/C(=C\c2ccccc2)C2(c3cc(-c4ccccc4)ccc3N1c1ccc(-c3ccccc3)cc1)c1cc(-c3ccccc3)ccc1N(c1ccc3c(c1)C(C)(C)c1ccccc1-3)c1ccc(-c3ccccc3)cc12. The van der Waals surface area contributed by atoms with Crippen LogP contribution in [-0.2, 0) is 10.8 Å². The maximum atomic E-state index is 4.49. The van der Waals surface area contributed by atoms with E-state index in [1.807, 2.05) is 6.08 Å². The van der Waals surface area contributed by atoms with E-state index in [4.69, 9.17) is 0 Å². The number of allylic oxidation sites excluding steroid dienone is 3. The minimum Gasteiger partial charge on any atom is -0.310 e. The lowest BCUT2D eigenvalue weighted by Gasteiger charge is -2.53. The Bertz CT molecular complexity index is 4060. The average Bonchev–Trinajstić information content (AvgIpc) is 3.71. The molecule has 0 aromatic heterocycles. The number of anilines is 5. The second kappa shape index (κ2) is 18.8. The molecule has 0 fully saturated rings. The maximum absolute atomic E-state index is 4.49. The molecule has 2 heteroatoms. The fraction of sp³-hybridized carbons (Fsp3) is 0.0526. The summed E-state index contributed by atoms with van der Waals surface area (Å²) in [4.78, 5) is 5.04. The molecule has 0 bridgehead atoms. The summed E-state index contributed by atoms with van der Waals surface area (Å²) < 4.78 is 0. The Kier molecular flexibility index (Phi) is 11.3. The number of hydrogen-bond acceptors (Lipinski definition) is 2. The molecule has 11 aromatic rings. The van der Waals surface area contributed by atoms with Crippen molar-refractivity contribution in [1.29, 1.82) is 0 Å². The highest BCUT2D eigenvalue weighted by Crippen LogP contribution is 2.66. The summed E-state index contributed by atoms with van der Waals surface area (Å²) in [6, 6.07) is 101. The molecule has 0 atom stereocenters. The van der Waals surface area contributed by atoms with Crippen LogP contribution in [0.2, 0.25) is 0 Å². The first kappa shape index (κ1) is 46.7. The van der Waals surface area contributed by atoms with E-state index in [1.165, 1.54) is 44.5 Å². The molecule has 1 aliphatic carbocycles. The summed E-state index contributed by atoms with van der Waals surface area (Å²) in [5, 5.41) is 0. The third-order valence-electron chi connectivity index (χ3n) is 16.6. The molecule has 14 rings (SSSR count). The normalized spacial score (nSPS) is 15.3. The maximum Gasteiger partial charge on any atom is 0.0783 e. The zero-order chi connectivity index (χ0) is 52.4. The summed E-state index contributed by atoms with van der Waals surface area (Å²) in [6.07, 6.45) is 6.67. The van der Waals surface area contributed by atoms with Gasteiger partial charge in [-0.3, -0.25) is 0 Å². The molecule has 78 heavy (non-hydrogen) atoms. The molecule has 0 N–H and O–H groups in total. The smallest absolute Gasteiger partial charge is 0.0783 e. The Morgan fingerprint density at radius 3 is 1.23 bits per heavy atom. The topological polar surface area (TPSA) is 6.48 Å². The van der Waals surface area contributed by atoms with Crippen LogP contribution in [0.3, 0.4) is 0 Å². The van der Waals surface area contributed by atoms with Crippen LogP contribution in [0, 0.1) is 0 Å². The third kappa shape index (κ3) is 7.47. The van der Waals surface area contributed by atoms with Gasteiger partial charge in [0, 0.05) is 16.8 Å². The van der Waals surface area contributed by atoms with Gasteiger partial charge in [0.2, 0.25) is 0 Å². The van der Waals surface area contributed by atoms with Crippen molar-refractivity contribution in [2.24, 2.45) is 0 Å². The lowest BCUT2D eigenvalue weighted by molar-refractivity contribution is 0.660. The highest BCUT2D eigenvalue weighted by Gasteiger charge is 2.54. The molecule has 2 heterocycles. The molecule has 0 unspecified atom stereocenters. The number of rotatable bonds is 8. The number of fused-ring (bicyclic) bond motifs is 9. The van der Waals surface area contributed by atoms with Gasteiger partial charge in [-0.15, -0.1) is 0 Å². The Balaban J connectivity index is 1.14. The molecule has 11 aromatic carbocycles. The van der Waals surface area contributed by atoms with Crippen molar-refractivity contribution < 1.29 is 0 Å². The van der Waals surface area contributed by atoms with Gasteiger partial charge in [-0.25, -0.2) is 0 Å². The number of benzene rings is 11. The fourth-order valence-corrected chi connectivity index (χ4v) is 13.0. The van der Waals surface area contributed by atoms with Crippen LogP contribution in [0.15, 0.2) is 303 Å². The largest absolute Gasteiger partial charge is 0.310 e. The molecular weight excluding hydrogens is 941 g/mol. The van der Waals surface area contributed by atoms with Crippen LogP contribution in [0.5, 0.6) is 0 Å². The van der Waals surface area contributed by atoms with Crippen molar-refractivity contribution in [3.63, 3.8) is 0 Å². The second-order valence-corrected chi connectivity index (χ2v) is 21.3. The Labute approximate surface area is 458 Å². The van der Waals surface area contributed by atoms with Crippen molar-refractivity contribution in [2.75, 3.05) is 9.80 Å². The van der Waals surface area contributed by atoms with Gasteiger partial charge in [0.1, 0.15) is 0 Å². The van der Waals surface area contributed by atoms with E-state index >= 15 is 0 Å². The van der Waals surface area contributed by atoms with Crippen LogP contribution < -0.4 is 9.80 Å². The van der Waals surface area contributed by atoms with Gasteiger partial charge in [-0.2, -0.15) is 0 Å². The molecule has 2 nitrogen and oxygen atoms in total. The minimum atomic E-state index is -0.936. The molecule has 370 valence electrons. The standard InChI is InChI=1S/C76H56N2/c1-4-22-71-67(47-52-23-10-5-11-24-52)76(68-48-58(54-27-14-7-15-28-54)37-44-72(68)77(71)61-40-35-57(36-41-61)53-25-12-6-13-26-53)69-49-59(55-29-16-8-17-30-55)38-45-73(69)78(74-46-39-60(50-70(74)76)56-31-18-9-19-32-56)62-42-43-64-63-33-20-21-34-65(63)75(2,3)66(64)51-62/h4-51H,1H2,2-3H3/b67-47+,71-22?. The Hall–Kier alpha value is -9.76. The zero-order valence-corrected chi connectivity index (χ0v) is 43.8. The number of hydrogen-bond donors (Lipinski definition) is 0. The van der Waals surface area contributed by atoms with E-state index in [1.54, 1.807) is 0 Å². The summed E-state index contributed by atoms with van der Waals surface area (Å²) in [5.41, 5.74) is 25.8. The molecule has 0 amide bonds. The van der Waals surface area contributed by atoms with Gasteiger partial charge in [0.05, 0.1) is 28.2 Å². The van der Waals surface area contributed by atoms with Gasteiger partial charge in [0.25, 0.3) is 0 Å². The van der Waals surface area contributed by atoms with Gasteiger partial charge >= 0.3 is 0 Å². The quantitative estimate of drug-likeness (QED) is 0.150. The lowest BCUT2D eigenvalue weighted by Crippen LogP contribution is -2.45. The van der Waals surface area contributed by atoms with Crippen molar-refractivity contribution in [1.82, 2.24) is 0 Å². The Morgan fingerprint density at radius 1 is 0.333 bits per heavy atom. The fourth-order valence-electron chi connectivity index (χ4n) is 13.0. The molecule has 1 spiro atoms. The molecule has 2 aliphatic heterocycles. The monoisotopic (exact) mass is 996 g/mol. The average molecular weight is 997 g/mol. The van der Waals surface area contributed by atoms with E-state index in [9.17, 15) is 0 Å². The van der Waals surface area contributed by atoms with Crippen LogP contribution in [-0.4, -0.2) is 0 Å². The van der Waals surface area contributed by atoms with Gasteiger partial charge in [0.15, 0.2) is 0 Å². The summed E-state index contributed by atoms with van der Waals surface area (Å²) in [7, 11) is 0. The zero-order valence-electron chi connectivity index (χ0n) is 43.8. The van der Waals surface area contributed by atoms with E-state index in [2.05, 4.69) is 315 Å². The summed E-state index contributed by atoms with van der Waals surface area (Å²) in [5.74, 6) is 0. The molecule has 0 saturated heterocycles. The highest BCUT2D eigenvalue weighted by molar-refractivity contribution is 5.99. The molecule has 0 saturated carbocycles. The van der Waals surface area contributed by atoms with E-state index in [-0.39, 0.29) is 5.41 Å². The van der Waals surface area contributed by atoms with Gasteiger partial charge < -0.3 is 9.80 Å². The lowest BCUT2D eigenvalue weighted by atomic mass is 9.58. The molecule has 3 aliphatic rings. The molecule has 0 radical (unpaired) electrons. The van der Waals surface area contributed by atoms with Crippen molar-refractivity contribution >= 4 is 34.5 Å². The van der Waals surface area contributed by atoms with Crippen LogP contribution in [0.4, 0.5) is 28.4 Å². The first-order valence-electron chi connectivity index (χ1n) is 27.1. The van der Waals surface area contributed by atoms with E-state index in [0.29, 0.717) is 0 Å². The minimum absolute atomic E-state index is 0.201. The van der Waals surface area contributed by atoms with Crippen LogP contribution >= 0.6 is 0 Å². The summed E-state index contributed by atoms with van der Waals surface area (Å²) in [6.45, 7) is 9.25. The van der Waals surface area contributed by atoms with Gasteiger partial charge in [-0.05, 0) is 167 Å². The first-order valence-corrected chi connectivity index (χ1v) is 27.1. The van der Waals surface area contributed by atoms with E-state index < -0.39 is 5.41 Å². The van der Waals surface area contributed by atoms with Gasteiger partial charge in [-0.1, -0.05) is 239 Å². The van der Waals surface area contributed by atoms with Crippen molar-refractivity contribution in [2.45, 2.75) is 24.7 Å². The van der Waals surface area contributed by atoms with Crippen LogP contribution in [0.25, 0.3) is 61.7 Å². The van der Waals surface area contributed by atoms with Crippen molar-refractivity contribution in [3.8, 4) is 55.6 Å². The van der Waals surface area contributed by atoms with Crippen LogP contribution in [0.1, 0.15) is 47.2 Å². The first-order chi connectivity index (χ1) is 38.4. The molecular formula is C76H56N2. The second-order valence-electron chi connectivity index (χ2n) is 21.3. The third-order valence-corrected chi connectivity index (χ3v) is 16.6. The van der Waals surface area contributed by atoms with E-state index in [0.717, 1.165) is 84.2 Å². The predicted molar refractivity (Wildman–Crippen MR) is 328 cm³/mol.